The first kappa shape index (κ1) is 15.6. The number of benzene rings is 1. The van der Waals surface area contributed by atoms with Crippen molar-refractivity contribution < 1.29 is 19.6 Å². The monoisotopic (exact) mass is 280 g/mol. The van der Waals surface area contributed by atoms with Crippen molar-refractivity contribution in [2.75, 3.05) is 13.6 Å². The zero-order valence-electron chi connectivity index (χ0n) is 11.5. The Balaban J connectivity index is 3.06. The maximum Gasteiger partial charge on any atom is 0.305 e. The predicted octanol–water partition coefficient (Wildman–Crippen LogP) is 1.76. The Bertz CT molecular complexity index is 568. The standard InChI is InChI=1S/C13H16N2O5/c1-8-6-9(2)11(15(19)20)7-10(8)13(18)14(3)5-4-12(16)17/h6-7H,4-5H2,1-3H3,(H,16,17). The molecule has 0 aromatic heterocycles. The molecule has 0 aliphatic rings. The number of nitrogens with zero attached hydrogens (tertiary/aromatic N) is 2. The highest BCUT2D eigenvalue weighted by molar-refractivity contribution is 5.96. The number of nitro benzene ring substituents is 1. The molecule has 0 spiro atoms. The van der Waals surface area contributed by atoms with E-state index in [1.165, 1.54) is 18.0 Å². The molecule has 0 atom stereocenters. The number of aryl methyl sites for hydroxylation is 2. The molecule has 7 nitrogen and oxygen atoms in total. The van der Waals surface area contributed by atoms with Crippen LogP contribution in [0.15, 0.2) is 12.1 Å². The second-order valence-electron chi connectivity index (χ2n) is 4.58. The number of carbonyl (C=O) groups excluding carboxylic acids is 1. The average Bonchev–Trinajstić information content (AvgIpc) is 2.34. The molecule has 0 heterocycles. The molecule has 0 radical (unpaired) electrons. The lowest BCUT2D eigenvalue weighted by atomic mass is 10.0. The van der Waals surface area contributed by atoms with Gasteiger partial charge in [0.05, 0.1) is 11.3 Å². The Morgan fingerprint density at radius 2 is 1.90 bits per heavy atom. The van der Waals surface area contributed by atoms with Gasteiger partial charge in [-0.05, 0) is 25.5 Å². The molecule has 20 heavy (non-hydrogen) atoms. The lowest BCUT2D eigenvalue weighted by Gasteiger charge is -2.17. The van der Waals surface area contributed by atoms with Gasteiger partial charge in [0, 0.05) is 30.8 Å². The van der Waals surface area contributed by atoms with Crippen molar-refractivity contribution in [2.45, 2.75) is 20.3 Å². The van der Waals surface area contributed by atoms with E-state index in [4.69, 9.17) is 5.11 Å². The van der Waals surface area contributed by atoms with E-state index < -0.39 is 16.8 Å². The van der Waals surface area contributed by atoms with Gasteiger partial charge in [-0.25, -0.2) is 0 Å². The number of hydrogen-bond acceptors (Lipinski definition) is 4. The van der Waals surface area contributed by atoms with Crippen molar-refractivity contribution in [2.24, 2.45) is 0 Å². The third-order valence-corrected chi connectivity index (χ3v) is 2.98. The van der Waals surface area contributed by atoms with E-state index in [2.05, 4.69) is 0 Å². The highest BCUT2D eigenvalue weighted by atomic mass is 16.6. The Morgan fingerprint density at radius 1 is 1.30 bits per heavy atom. The molecular weight excluding hydrogens is 264 g/mol. The summed E-state index contributed by atoms with van der Waals surface area (Å²) < 4.78 is 0. The van der Waals surface area contributed by atoms with Crippen LogP contribution in [0.3, 0.4) is 0 Å². The summed E-state index contributed by atoms with van der Waals surface area (Å²) in [7, 11) is 1.47. The molecule has 7 heteroatoms. The van der Waals surface area contributed by atoms with Gasteiger partial charge in [-0.2, -0.15) is 0 Å². The minimum atomic E-state index is -1.00. The number of hydrogen-bond donors (Lipinski definition) is 1. The topological polar surface area (TPSA) is 101 Å². The van der Waals surface area contributed by atoms with Crippen LogP contribution in [0.25, 0.3) is 0 Å². The third-order valence-electron chi connectivity index (χ3n) is 2.98. The summed E-state index contributed by atoms with van der Waals surface area (Å²) in [6, 6.07) is 2.82. The maximum absolute atomic E-state index is 12.2. The van der Waals surface area contributed by atoms with Gasteiger partial charge in [0.2, 0.25) is 0 Å². The number of carboxylic acids is 1. The van der Waals surface area contributed by atoms with E-state index in [1.54, 1.807) is 19.9 Å². The second-order valence-corrected chi connectivity index (χ2v) is 4.58. The van der Waals surface area contributed by atoms with Gasteiger partial charge in [-0.15, -0.1) is 0 Å². The van der Waals surface area contributed by atoms with Crippen LogP contribution in [0.5, 0.6) is 0 Å². The van der Waals surface area contributed by atoms with Crippen LogP contribution in [0.1, 0.15) is 27.9 Å². The highest BCUT2D eigenvalue weighted by Gasteiger charge is 2.20. The Labute approximate surface area is 116 Å². The van der Waals surface area contributed by atoms with Crippen molar-refractivity contribution in [3.63, 3.8) is 0 Å². The Morgan fingerprint density at radius 3 is 2.40 bits per heavy atom. The summed E-state index contributed by atoms with van der Waals surface area (Å²) >= 11 is 0. The van der Waals surface area contributed by atoms with E-state index in [9.17, 15) is 19.7 Å². The van der Waals surface area contributed by atoms with Gasteiger partial charge in [0.1, 0.15) is 0 Å². The summed E-state index contributed by atoms with van der Waals surface area (Å²) in [6.45, 7) is 3.35. The summed E-state index contributed by atoms with van der Waals surface area (Å²) in [4.78, 5) is 34.3. The summed E-state index contributed by atoms with van der Waals surface area (Å²) in [6.07, 6.45) is -0.171. The van der Waals surface area contributed by atoms with E-state index in [-0.39, 0.29) is 24.2 Å². The molecule has 108 valence electrons. The molecule has 1 rings (SSSR count). The van der Waals surface area contributed by atoms with Crippen molar-refractivity contribution in [3.05, 3.63) is 38.9 Å². The normalized spacial score (nSPS) is 10.2. The fourth-order valence-corrected chi connectivity index (χ4v) is 1.84. The zero-order valence-corrected chi connectivity index (χ0v) is 11.5. The average molecular weight is 280 g/mol. The highest BCUT2D eigenvalue weighted by Crippen LogP contribution is 2.23. The lowest BCUT2D eigenvalue weighted by molar-refractivity contribution is -0.385. The molecular formula is C13H16N2O5. The molecule has 0 aliphatic heterocycles. The first-order chi connectivity index (χ1) is 9.23. The van der Waals surface area contributed by atoms with Crippen LogP contribution < -0.4 is 0 Å². The second kappa shape index (κ2) is 6.14. The van der Waals surface area contributed by atoms with Gasteiger partial charge in [-0.3, -0.25) is 19.7 Å². The van der Waals surface area contributed by atoms with Gasteiger partial charge < -0.3 is 10.0 Å². The molecule has 1 amide bonds. The van der Waals surface area contributed by atoms with Crippen LogP contribution >= 0.6 is 0 Å². The van der Waals surface area contributed by atoms with Crippen molar-refractivity contribution in [3.8, 4) is 0 Å². The van der Waals surface area contributed by atoms with Gasteiger partial charge in [0.25, 0.3) is 11.6 Å². The first-order valence-electron chi connectivity index (χ1n) is 5.97. The number of amides is 1. The molecule has 0 fully saturated rings. The van der Waals surface area contributed by atoms with E-state index >= 15 is 0 Å². The molecule has 0 saturated carbocycles. The molecule has 1 aromatic carbocycles. The molecule has 0 saturated heterocycles. The largest absolute Gasteiger partial charge is 0.481 e. The Hall–Kier alpha value is -2.44. The van der Waals surface area contributed by atoms with Crippen LogP contribution in [0, 0.1) is 24.0 Å². The van der Waals surface area contributed by atoms with E-state index in [0.29, 0.717) is 11.1 Å². The molecule has 1 aromatic rings. The van der Waals surface area contributed by atoms with E-state index in [1.807, 2.05) is 0 Å². The lowest BCUT2D eigenvalue weighted by Crippen LogP contribution is -2.29. The van der Waals surface area contributed by atoms with Crippen LogP contribution in [0.4, 0.5) is 5.69 Å². The fourth-order valence-electron chi connectivity index (χ4n) is 1.84. The van der Waals surface area contributed by atoms with Crippen LogP contribution in [-0.4, -0.2) is 40.4 Å². The van der Waals surface area contributed by atoms with Crippen molar-refractivity contribution >= 4 is 17.6 Å². The number of aliphatic carboxylic acids is 1. The third kappa shape index (κ3) is 3.53. The summed E-state index contributed by atoms with van der Waals surface area (Å²) in [5.41, 5.74) is 1.21. The molecule has 0 aliphatic carbocycles. The van der Waals surface area contributed by atoms with Crippen LogP contribution in [-0.2, 0) is 4.79 Å². The van der Waals surface area contributed by atoms with Crippen LogP contribution in [0.2, 0.25) is 0 Å². The van der Waals surface area contributed by atoms with E-state index in [0.717, 1.165) is 0 Å². The smallest absolute Gasteiger partial charge is 0.305 e. The minimum Gasteiger partial charge on any atom is -0.481 e. The van der Waals surface area contributed by atoms with Gasteiger partial charge in [0.15, 0.2) is 0 Å². The first-order valence-corrected chi connectivity index (χ1v) is 5.97. The van der Waals surface area contributed by atoms with Gasteiger partial charge in [-0.1, -0.05) is 0 Å². The molecule has 0 bridgehead atoms. The summed E-state index contributed by atoms with van der Waals surface area (Å²) in [5, 5.41) is 19.5. The van der Waals surface area contributed by atoms with Crippen molar-refractivity contribution in [1.82, 2.24) is 4.90 Å². The number of carbonyl (C=O) groups is 2. The van der Waals surface area contributed by atoms with Crippen molar-refractivity contribution in [1.29, 1.82) is 0 Å². The maximum atomic E-state index is 12.2. The number of carboxylic acid groups (broad SMARTS) is 1. The fraction of sp³-hybridized carbons (Fsp3) is 0.385. The predicted molar refractivity (Wildman–Crippen MR) is 71.8 cm³/mol. The SMILES string of the molecule is Cc1cc(C)c([N+](=O)[O-])cc1C(=O)N(C)CCC(=O)O. The zero-order chi connectivity index (χ0) is 15.4. The van der Waals surface area contributed by atoms with Gasteiger partial charge >= 0.3 is 5.97 Å². The molecule has 1 N–H and O–H groups in total. The number of nitro groups is 1. The summed E-state index contributed by atoms with van der Waals surface area (Å²) in [5.74, 6) is -1.43. The molecule has 0 unspecified atom stereocenters. The quantitative estimate of drug-likeness (QED) is 0.654. The Kier molecular flexibility index (Phi) is 4.79. The number of rotatable bonds is 5. The minimum absolute atomic E-state index is 0.0509.